The normalized spacial score (nSPS) is 12.9. The molecule has 0 aliphatic rings. The van der Waals surface area contributed by atoms with Crippen LogP contribution in [0.4, 0.5) is 0 Å². The maximum atomic E-state index is 9.33. The first-order valence-electron chi connectivity index (χ1n) is 5.70. The van der Waals surface area contributed by atoms with Crippen molar-refractivity contribution in [2.75, 3.05) is 7.11 Å². The first-order valence-corrected chi connectivity index (χ1v) is 9.49. The molecule has 18 heavy (non-hydrogen) atoms. The summed E-state index contributed by atoms with van der Waals surface area (Å²) in [7, 11) is -0.243. The largest absolute Gasteiger partial charge is 0.496 e. The number of methoxy groups -OCH3 is 1. The molecule has 0 N–H and O–H groups in total. The first-order chi connectivity index (χ1) is 8.30. The smallest absolute Gasteiger partial charge is 0.186 e. The van der Waals surface area contributed by atoms with E-state index >= 15 is 0 Å². The van der Waals surface area contributed by atoms with Crippen LogP contribution in [0.1, 0.15) is 17.2 Å². The predicted octanol–water partition coefficient (Wildman–Crippen LogP) is 4.07. The van der Waals surface area contributed by atoms with Crippen LogP contribution < -0.4 is 4.74 Å². The van der Waals surface area contributed by atoms with Gasteiger partial charge in [-0.15, -0.1) is 0 Å². The van der Waals surface area contributed by atoms with E-state index < -0.39 is 14.4 Å². The molecule has 0 aliphatic heterocycles. The Morgan fingerprint density at radius 2 is 1.94 bits per heavy atom. The summed E-state index contributed by atoms with van der Waals surface area (Å²) in [6.07, 6.45) is -0.634. The quantitative estimate of drug-likeness (QED) is 0.782. The summed E-state index contributed by atoms with van der Waals surface area (Å²) in [6.45, 7) is 8.01. The van der Waals surface area contributed by atoms with Crippen LogP contribution in [0.5, 0.6) is 5.75 Å². The molecule has 1 atom stereocenters. The highest BCUT2D eigenvalue weighted by Gasteiger charge is 2.26. The second kappa shape index (κ2) is 5.74. The van der Waals surface area contributed by atoms with Crippen molar-refractivity contribution in [1.29, 1.82) is 5.26 Å². The van der Waals surface area contributed by atoms with Crippen LogP contribution in [0.15, 0.2) is 12.1 Å². The minimum Gasteiger partial charge on any atom is -0.496 e. The molecule has 98 valence electrons. The lowest BCUT2D eigenvalue weighted by atomic mass is 10.0. The van der Waals surface area contributed by atoms with Crippen molar-refractivity contribution in [2.45, 2.75) is 32.7 Å². The Hall–Kier alpha value is -1.02. The molecular weight excluding hydrogens is 266 g/mol. The molecule has 0 amide bonds. The van der Waals surface area contributed by atoms with Crippen LogP contribution in [-0.2, 0) is 4.43 Å². The fourth-order valence-corrected chi connectivity index (χ4v) is 2.73. The molecular formula is C13H18ClNO2Si. The maximum Gasteiger partial charge on any atom is 0.186 e. The van der Waals surface area contributed by atoms with Gasteiger partial charge in [0.2, 0.25) is 0 Å². The predicted molar refractivity (Wildman–Crippen MR) is 75.5 cm³/mol. The van der Waals surface area contributed by atoms with Crippen molar-refractivity contribution in [3.63, 3.8) is 0 Å². The molecule has 0 radical (unpaired) electrons. The van der Waals surface area contributed by atoms with Gasteiger partial charge < -0.3 is 9.16 Å². The minimum absolute atomic E-state index is 0.616. The molecule has 0 saturated heterocycles. The summed E-state index contributed by atoms with van der Waals surface area (Å²) in [5.41, 5.74) is 1.57. The molecule has 1 rings (SSSR count). The summed E-state index contributed by atoms with van der Waals surface area (Å²) >= 11 is 6.11. The van der Waals surface area contributed by atoms with Crippen LogP contribution in [0.2, 0.25) is 24.7 Å². The van der Waals surface area contributed by atoms with Gasteiger partial charge in [-0.25, -0.2) is 0 Å². The number of nitriles is 1. The molecule has 0 heterocycles. The van der Waals surface area contributed by atoms with Crippen molar-refractivity contribution < 1.29 is 9.16 Å². The Kier molecular flexibility index (Phi) is 4.80. The average Bonchev–Trinajstić information content (AvgIpc) is 2.28. The van der Waals surface area contributed by atoms with Crippen LogP contribution in [0, 0.1) is 18.3 Å². The van der Waals surface area contributed by atoms with E-state index in [9.17, 15) is 5.26 Å². The molecule has 0 aliphatic carbocycles. The fraction of sp³-hybridized carbons (Fsp3) is 0.462. The second-order valence-electron chi connectivity index (χ2n) is 5.03. The molecule has 1 unspecified atom stereocenters. The maximum absolute atomic E-state index is 9.33. The van der Waals surface area contributed by atoms with Crippen molar-refractivity contribution in [1.82, 2.24) is 0 Å². The number of hydrogen-bond donors (Lipinski definition) is 0. The average molecular weight is 284 g/mol. The van der Waals surface area contributed by atoms with Gasteiger partial charge in [0.05, 0.1) is 13.2 Å². The van der Waals surface area contributed by atoms with Crippen molar-refractivity contribution >= 4 is 19.9 Å². The molecule has 0 saturated carbocycles. The zero-order valence-corrected chi connectivity index (χ0v) is 13.1. The summed E-state index contributed by atoms with van der Waals surface area (Å²) in [5.74, 6) is 0.640. The molecule has 0 bridgehead atoms. The lowest BCUT2D eigenvalue weighted by Gasteiger charge is -2.24. The van der Waals surface area contributed by atoms with E-state index in [0.717, 1.165) is 11.1 Å². The Morgan fingerprint density at radius 3 is 2.39 bits per heavy atom. The third-order valence-corrected chi connectivity index (χ3v) is 3.83. The number of rotatable bonds is 4. The zero-order valence-electron chi connectivity index (χ0n) is 11.4. The van der Waals surface area contributed by atoms with Gasteiger partial charge in [-0.2, -0.15) is 5.26 Å². The lowest BCUT2D eigenvalue weighted by Crippen LogP contribution is -2.28. The lowest BCUT2D eigenvalue weighted by molar-refractivity contribution is 0.247. The minimum atomic E-state index is -1.82. The molecule has 0 spiro atoms. The number of hydrogen-bond acceptors (Lipinski definition) is 3. The highest BCUT2D eigenvalue weighted by atomic mass is 35.5. The van der Waals surface area contributed by atoms with E-state index in [1.165, 1.54) is 0 Å². The molecule has 0 aromatic heterocycles. The van der Waals surface area contributed by atoms with Crippen LogP contribution in [0.3, 0.4) is 0 Å². The Morgan fingerprint density at radius 1 is 1.33 bits per heavy atom. The van der Waals surface area contributed by atoms with Crippen molar-refractivity contribution in [2.24, 2.45) is 0 Å². The van der Waals surface area contributed by atoms with E-state index in [2.05, 4.69) is 6.07 Å². The molecule has 5 heteroatoms. The van der Waals surface area contributed by atoms with Gasteiger partial charge in [0.15, 0.2) is 14.4 Å². The van der Waals surface area contributed by atoms with Gasteiger partial charge in [-0.3, -0.25) is 0 Å². The first kappa shape index (κ1) is 15.0. The Balaban J connectivity index is 3.29. The van der Waals surface area contributed by atoms with Crippen LogP contribution >= 0.6 is 11.6 Å². The molecule has 1 aromatic rings. The number of benzene rings is 1. The van der Waals surface area contributed by atoms with Crippen molar-refractivity contribution in [3.05, 3.63) is 28.3 Å². The van der Waals surface area contributed by atoms with Gasteiger partial charge in [0, 0.05) is 10.6 Å². The summed E-state index contributed by atoms with van der Waals surface area (Å²) in [5, 5.41) is 9.94. The number of ether oxygens (including phenoxy) is 1. The Labute approximate surface area is 114 Å². The van der Waals surface area contributed by atoms with Gasteiger partial charge in [0.25, 0.3) is 0 Å². The van der Waals surface area contributed by atoms with Crippen molar-refractivity contribution in [3.8, 4) is 11.8 Å². The Bertz CT molecular complexity index is 477. The standard InChI is InChI=1S/C13H18ClNO2Si/c1-9-10(14)6-7-11(16-2)13(9)12(8-15)17-18(3,4)5/h6-7,12H,1-5H3. The van der Waals surface area contributed by atoms with E-state index in [1.807, 2.05) is 26.6 Å². The second-order valence-corrected chi connectivity index (χ2v) is 9.90. The zero-order chi connectivity index (χ0) is 13.9. The van der Waals surface area contributed by atoms with Gasteiger partial charge in [-0.1, -0.05) is 11.6 Å². The van der Waals surface area contributed by atoms with Crippen LogP contribution in [-0.4, -0.2) is 15.4 Å². The van der Waals surface area contributed by atoms with Gasteiger partial charge in [-0.05, 0) is 44.3 Å². The SMILES string of the molecule is COc1ccc(Cl)c(C)c1C(C#N)O[Si](C)(C)C. The van der Waals surface area contributed by atoms with E-state index in [-0.39, 0.29) is 0 Å². The van der Waals surface area contributed by atoms with E-state index in [1.54, 1.807) is 19.2 Å². The highest BCUT2D eigenvalue weighted by molar-refractivity contribution is 6.69. The fourth-order valence-electron chi connectivity index (χ4n) is 1.68. The number of halogens is 1. The summed E-state index contributed by atoms with van der Waals surface area (Å²) in [6, 6.07) is 5.72. The summed E-state index contributed by atoms with van der Waals surface area (Å²) < 4.78 is 11.2. The monoisotopic (exact) mass is 283 g/mol. The summed E-state index contributed by atoms with van der Waals surface area (Å²) in [4.78, 5) is 0. The molecule has 3 nitrogen and oxygen atoms in total. The van der Waals surface area contributed by atoms with Gasteiger partial charge in [0.1, 0.15) is 5.75 Å². The van der Waals surface area contributed by atoms with Gasteiger partial charge >= 0.3 is 0 Å². The topological polar surface area (TPSA) is 42.2 Å². The highest BCUT2D eigenvalue weighted by Crippen LogP contribution is 2.35. The van der Waals surface area contributed by atoms with E-state index in [4.69, 9.17) is 20.8 Å². The molecule has 0 fully saturated rings. The molecule has 1 aromatic carbocycles. The third kappa shape index (κ3) is 3.48. The van der Waals surface area contributed by atoms with E-state index in [0.29, 0.717) is 10.8 Å². The number of nitrogens with zero attached hydrogens (tertiary/aromatic N) is 1. The third-order valence-electron chi connectivity index (χ3n) is 2.48. The van der Waals surface area contributed by atoms with Crippen LogP contribution in [0.25, 0.3) is 0 Å².